The lowest BCUT2D eigenvalue weighted by atomic mass is 10.1. The molecule has 0 heterocycles. The highest BCUT2D eigenvalue weighted by Crippen LogP contribution is 2.26. The minimum absolute atomic E-state index is 0.691. The van der Waals surface area contributed by atoms with Crippen LogP contribution in [0.1, 0.15) is 11.1 Å². The van der Waals surface area contributed by atoms with Crippen LogP contribution in [-0.4, -0.2) is 14.2 Å². The van der Waals surface area contributed by atoms with Gasteiger partial charge in [0.05, 0.1) is 14.2 Å². The number of anilines is 1. The zero-order valence-corrected chi connectivity index (χ0v) is 12.6. The number of rotatable bonds is 5. The van der Waals surface area contributed by atoms with Gasteiger partial charge < -0.3 is 14.8 Å². The minimum atomic E-state index is 0.691. The number of ether oxygens (including phenoxy) is 2. The van der Waals surface area contributed by atoms with Crippen LogP contribution in [0.4, 0.5) is 5.69 Å². The molecule has 4 heteroatoms. The summed E-state index contributed by atoms with van der Waals surface area (Å²) in [5, 5.41) is 4.12. The fourth-order valence-corrected chi connectivity index (χ4v) is 2.06. The summed E-state index contributed by atoms with van der Waals surface area (Å²) in [6.07, 6.45) is 0. The molecule has 0 amide bonds. The first-order chi connectivity index (χ1) is 9.62. The highest BCUT2D eigenvalue weighted by atomic mass is 35.5. The van der Waals surface area contributed by atoms with E-state index in [9.17, 15) is 0 Å². The Bertz CT molecular complexity index is 577. The van der Waals surface area contributed by atoms with E-state index >= 15 is 0 Å². The van der Waals surface area contributed by atoms with Crippen LogP contribution >= 0.6 is 11.6 Å². The zero-order chi connectivity index (χ0) is 14.5. The van der Waals surface area contributed by atoms with Crippen molar-refractivity contribution in [1.82, 2.24) is 0 Å². The number of hydrogen-bond donors (Lipinski definition) is 1. The lowest BCUT2D eigenvalue weighted by Gasteiger charge is -2.11. The largest absolute Gasteiger partial charge is 0.497 e. The van der Waals surface area contributed by atoms with Crippen molar-refractivity contribution in [3.05, 3.63) is 52.5 Å². The van der Waals surface area contributed by atoms with Crippen LogP contribution in [0.25, 0.3) is 0 Å². The van der Waals surface area contributed by atoms with Crippen LogP contribution in [0, 0.1) is 6.92 Å². The number of benzene rings is 2. The van der Waals surface area contributed by atoms with Crippen molar-refractivity contribution in [2.24, 2.45) is 0 Å². The predicted octanol–water partition coefficient (Wildman–Crippen LogP) is 4.28. The highest BCUT2D eigenvalue weighted by Gasteiger charge is 2.03. The summed E-state index contributed by atoms with van der Waals surface area (Å²) in [6.45, 7) is 2.68. The fourth-order valence-electron chi connectivity index (χ4n) is 1.86. The molecule has 2 rings (SSSR count). The molecule has 0 bridgehead atoms. The first kappa shape index (κ1) is 14.5. The SMILES string of the molecule is COc1cc(NCc2ccc(C)c(Cl)c2)cc(OC)c1. The first-order valence-corrected chi connectivity index (χ1v) is 6.72. The van der Waals surface area contributed by atoms with Crippen molar-refractivity contribution < 1.29 is 9.47 Å². The maximum absolute atomic E-state index is 6.12. The molecule has 106 valence electrons. The van der Waals surface area contributed by atoms with Crippen molar-refractivity contribution in [1.29, 1.82) is 0 Å². The van der Waals surface area contributed by atoms with Gasteiger partial charge in [0.2, 0.25) is 0 Å². The van der Waals surface area contributed by atoms with Crippen LogP contribution in [0.2, 0.25) is 5.02 Å². The third-order valence-corrected chi connectivity index (χ3v) is 3.49. The summed E-state index contributed by atoms with van der Waals surface area (Å²) in [5.41, 5.74) is 3.15. The van der Waals surface area contributed by atoms with Crippen LogP contribution in [-0.2, 0) is 6.54 Å². The van der Waals surface area contributed by atoms with Crippen LogP contribution < -0.4 is 14.8 Å². The second kappa shape index (κ2) is 6.53. The second-order valence-electron chi connectivity index (χ2n) is 4.54. The van der Waals surface area contributed by atoms with Crippen LogP contribution in [0.3, 0.4) is 0 Å². The van der Waals surface area contributed by atoms with Gasteiger partial charge in [-0.15, -0.1) is 0 Å². The molecule has 2 aromatic rings. The minimum Gasteiger partial charge on any atom is -0.497 e. The van der Waals surface area contributed by atoms with Gasteiger partial charge >= 0.3 is 0 Å². The predicted molar refractivity (Wildman–Crippen MR) is 83.1 cm³/mol. The van der Waals surface area contributed by atoms with E-state index in [2.05, 4.69) is 11.4 Å². The Morgan fingerprint density at radius 2 is 1.65 bits per heavy atom. The standard InChI is InChI=1S/C16H18ClNO2/c1-11-4-5-12(6-16(11)17)10-18-13-7-14(19-2)9-15(8-13)20-3/h4-9,18H,10H2,1-3H3. The number of aryl methyl sites for hydroxylation is 1. The van der Waals surface area contributed by atoms with Crippen molar-refractivity contribution in [2.75, 3.05) is 19.5 Å². The fraction of sp³-hybridized carbons (Fsp3) is 0.250. The highest BCUT2D eigenvalue weighted by molar-refractivity contribution is 6.31. The Kier molecular flexibility index (Phi) is 4.74. The normalized spacial score (nSPS) is 10.2. The molecule has 0 radical (unpaired) electrons. The van der Waals surface area contributed by atoms with E-state index in [4.69, 9.17) is 21.1 Å². The summed E-state index contributed by atoms with van der Waals surface area (Å²) >= 11 is 6.12. The van der Waals surface area contributed by atoms with Gasteiger partial charge in [0.25, 0.3) is 0 Å². The van der Waals surface area contributed by atoms with Gasteiger partial charge in [-0.3, -0.25) is 0 Å². The van der Waals surface area contributed by atoms with Crippen molar-refractivity contribution in [3.63, 3.8) is 0 Å². The molecular formula is C16H18ClNO2. The molecule has 0 atom stereocenters. The third kappa shape index (κ3) is 3.58. The van der Waals surface area contributed by atoms with E-state index in [0.29, 0.717) is 6.54 Å². The summed E-state index contributed by atoms with van der Waals surface area (Å²) in [7, 11) is 3.27. The van der Waals surface area contributed by atoms with Crippen molar-refractivity contribution in [2.45, 2.75) is 13.5 Å². The van der Waals surface area contributed by atoms with Crippen LogP contribution in [0.5, 0.6) is 11.5 Å². The van der Waals surface area contributed by atoms with E-state index in [1.807, 2.05) is 37.3 Å². The van der Waals surface area contributed by atoms with E-state index < -0.39 is 0 Å². The average Bonchev–Trinajstić information content (AvgIpc) is 2.48. The van der Waals surface area contributed by atoms with E-state index in [1.54, 1.807) is 14.2 Å². The van der Waals surface area contributed by atoms with Gasteiger partial charge in [-0.05, 0) is 24.1 Å². The molecule has 0 unspecified atom stereocenters. The molecule has 0 aliphatic heterocycles. The molecule has 0 aliphatic rings. The molecule has 1 N–H and O–H groups in total. The van der Waals surface area contributed by atoms with Gasteiger partial charge in [-0.2, -0.15) is 0 Å². The molecular weight excluding hydrogens is 274 g/mol. The van der Waals surface area contributed by atoms with Crippen molar-refractivity contribution >= 4 is 17.3 Å². The van der Waals surface area contributed by atoms with E-state index in [0.717, 1.165) is 33.3 Å². The number of methoxy groups -OCH3 is 2. The Balaban J connectivity index is 2.11. The molecule has 0 saturated heterocycles. The lowest BCUT2D eigenvalue weighted by Crippen LogP contribution is -2.00. The zero-order valence-electron chi connectivity index (χ0n) is 11.9. The van der Waals surface area contributed by atoms with Gasteiger partial charge in [-0.25, -0.2) is 0 Å². The molecule has 0 fully saturated rings. The van der Waals surface area contributed by atoms with Crippen molar-refractivity contribution in [3.8, 4) is 11.5 Å². The lowest BCUT2D eigenvalue weighted by molar-refractivity contribution is 0.394. The smallest absolute Gasteiger partial charge is 0.124 e. The van der Waals surface area contributed by atoms with Crippen LogP contribution in [0.15, 0.2) is 36.4 Å². The van der Waals surface area contributed by atoms with Gasteiger partial charge in [0.15, 0.2) is 0 Å². The maximum Gasteiger partial charge on any atom is 0.124 e. The van der Waals surface area contributed by atoms with Gasteiger partial charge in [0, 0.05) is 35.5 Å². The Labute approximate surface area is 124 Å². The summed E-state index contributed by atoms with van der Waals surface area (Å²) in [6, 6.07) is 11.8. The molecule has 0 saturated carbocycles. The molecule has 20 heavy (non-hydrogen) atoms. The van der Waals surface area contributed by atoms with E-state index in [-0.39, 0.29) is 0 Å². The summed E-state index contributed by atoms with van der Waals surface area (Å²) in [5.74, 6) is 1.52. The number of halogens is 1. The van der Waals surface area contributed by atoms with Gasteiger partial charge in [-0.1, -0.05) is 23.7 Å². The Hall–Kier alpha value is -1.87. The van der Waals surface area contributed by atoms with E-state index in [1.165, 1.54) is 0 Å². The number of hydrogen-bond acceptors (Lipinski definition) is 3. The Morgan fingerprint density at radius 3 is 2.20 bits per heavy atom. The number of nitrogens with one attached hydrogen (secondary N) is 1. The van der Waals surface area contributed by atoms with Gasteiger partial charge in [0.1, 0.15) is 11.5 Å². The summed E-state index contributed by atoms with van der Waals surface area (Å²) < 4.78 is 10.5. The quantitative estimate of drug-likeness (QED) is 0.892. The third-order valence-electron chi connectivity index (χ3n) is 3.08. The monoisotopic (exact) mass is 291 g/mol. The first-order valence-electron chi connectivity index (χ1n) is 6.34. The topological polar surface area (TPSA) is 30.5 Å². The molecule has 0 spiro atoms. The Morgan fingerprint density at radius 1 is 1.00 bits per heavy atom. The molecule has 2 aromatic carbocycles. The summed E-state index contributed by atoms with van der Waals surface area (Å²) in [4.78, 5) is 0. The second-order valence-corrected chi connectivity index (χ2v) is 4.95. The molecule has 0 aromatic heterocycles. The maximum atomic E-state index is 6.12. The molecule has 3 nitrogen and oxygen atoms in total. The molecule has 0 aliphatic carbocycles. The average molecular weight is 292 g/mol.